The van der Waals surface area contributed by atoms with Crippen LogP contribution in [0.25, 0.3) is 22.5 Å². The maximum absolute atomic E-state index is 13.8. The highest BCUT2D eigenvalue weighted by atomic mass is 32.2. The van der Waals surface area contributed by atoms with Gasteiger partial charge in [-0.05, 0) is 78.6 Å². The Hall–Kier alpha value is -2.79. The molecule has 3 aliphatic rings. The van der Waals surface area contributed by atoms with Gasteiger partial charge in [-0.15, -0.1) is 0 Å². The predicted octanol–water partition coefficient (Wildman–Crippen LogP) is 7.57. The third-order valence-corrected chi connectivity index (χ3v) is 8.71. The summed E-state index contributed by atoms with van der Waals surface area (Å²) in [6.45, 7) is 0. The standard InChI is InChI=1S/C30H33N3OS/c34-29-28(21-26-16-9-19-32(26)27-18-17-22-10-7-8-11-23(22)20-27)35-30(31-24-12-3-1-4-13-24)33(29)25-14-5-2-6-15-25/h7-11,16-21,24-25H,1-6,12-15H2/b28-21-,31-30?. The molecular formula is C30H33N3OS. The number of carbonyl (C=O) groups excluding carboxylic acids is 1. The molecule has 3 fully saturated rings. The molecule has 1 aromatic heterocycles. The Labute approximate surface area is 212 Å². The van der Waals surface area contributed by atoms with Gasteiger partial charge < -0.3 is 4.57 Å². The van der Waals surface area contributed by atoms with E-state index in [1.165, 1.54) is 49.3 Å². The molecule has 3 aromatic rings. The molecule has 1 aliphatic heterocycles. The Bertz CT molecular complexity index is 1280. The normalized spacial score (nSPS) is 22.6. The van der Waals surface area contributed by atoms with Crippen molar-refractivity contribution in [3.05, 3.63) is 71.4 Å². The summed E-state index contributed by atoms with van der Waals surface area (Å²) in [4.78, 5) is 21.8. The topological polar surface area (TPSA) is 37.6 Å². The Morgan fingerprint density at radius 2 is 1.57 bits per heavy atom. The molecule has 4 nitrogen and oxygen atoms in total. The van der Waals surface area contributed by atoms with Gasteiger partial charge in [0, 0.05) is 23.6 Å². The summed E-state index contributed by atoms with van der Waals surface area (Å²) in [7, 11) is 0. The van der Waals surface area contributed by atoms with Crippen LogP contribution in [0.4, 0.5) is 0 Å². The second-order valence-corrected chi connectivity index (χ2v) is 11.1. The lowest BCUT2D eigenvalue weighted by atomic mass is 9.94. The zero-order valence-corrected chi connectivity index (χ0v) is 21.1. The van der Waals surface area contributed by atoms with E-state index in [-0.39, 0.29) is 5.91 Å². The largest absolute Gasteiger partial charge is 0.317 e. The van der Waals surface area contributed by atoms with Crippen LogP contribution in [0.5, 0.6) is 0 Å². The van der Waals surface area contributed by atoms with E-state index >= 15 is 0 Å². The average molecular weight is 484 g/mol. The van der Waals surface area contributed by atoms with Gasteiger partial charge in [0.25, 0.3) is 5.91 Å². The van der Waals surface area contributed by atoms with E-state index in [2.05, 4.69) is 76.3 Å². The average Bonchev–Trinajstić information content (AvgIpc) is 3.49. The monoisotopic (exact) mass is 483 g/mol. The van der Waals surface area contributed by atoms with Crippen molar-refractivity contribution in [2.45, 2.75) is 76.3 Å². The van der Waals surface area contributed by atoms with Gasteiger partial charge in [0.2, 0.25) is 0 Å². The van der Waals surface area contributed by atoms with Gasteiger partial charge in [0.05, 0.1) is 10.9 Å². The van der Waals surface area contributed by atoms with Crippen LogP contribution >= 0.6 is 11.8 Å². The third kappa shape index (κ3) is 4.71. The summed E-state index contributed by atoms with van der Waals surface area (Å²) < 4.78 is 2.18. The summed E-state index contributed by atoms with van der Waals surface area (Å²) in [6, 6.07) is 19.8. The molecule has 2 aromatic carbocycles. The number of thioether (sulfide) groups is 1. The smallest absolute Gasteiger partial charge is 0.267 e. The Kier molecular flexibility index (Phi) is 6.51. The van der Waals surface area contributed by atoms with Crippen molar-refractivity contribution in [2.75, 3.05) is 0 Å². The van der Waals surface area contributed by atoms with Crippen molar-refractivity contribution in [2.24, 2.45) is 4.99 Å². The fraction of sp³-hybridized carbons (Fsp3) is 0.400. The molecular weight excluding hydrogens is 450 g/mol. The summed E-state index contributed by atoms with van der Waals surface area (Å²) in [5, 5.41) is 3.40. The Morgan fingerprint density at radius 1 is 0.829 bits per heavy atom. The first-order valence-electron chi connectivity index (χ1n) is 13.2. The number of amidine groups is 1. The maximum atomic E-state index is 13.8. The number of benzene rings is 2. The molecule has 0 radical (unpaired) electrons. The predicted molar refractivity (Wildman–Crippen MR) is 147 cm³/mol. The minimum atomic E-state index is 0.141. The first kappa shape index (κ1) is 22.7. The molecule has 180 valence electrons. The van der Waals surface area contributed by atoms with Gasteiger partial charge in [-0.25, -0.2) is 0 Å². The molecule has 6 rings (SSSR count). The van der Waals surface area contributed by atoms with Gasteiger partial charge in [0.1, 0.15) is 0 Å². The fourth-order valence-electron chi connectivity index (χ4n) is 5.81. The molecule has 2 heterocycles. The molecule has 0 spiro atoms. The van der Waals surface area contributed by atoms with Crippen LogP contribution < -0.4 is 0 Å². The van der Waals surface area contributed by atoms with Gasteiger partial charge in [0.15, 0.2) is 5.17 Å². The maximum Gasteiger partial charge on any atom is 0.267 e. The second kappa shape index (κ2) is 10.1. The minimum Gasteiger partial charge on any atom is -0.317 e. The van der Waals surface area contributed by atoms with E-state index in [4.69, 9.17) is 4.99 Å². The number of fused-ring (bicyclic) bond motifs is 1. The van der Waals surface area contributed by atoms with Gasteiger partial charge >= 0.3 is 0 Å². The molecule has 1 saturated heterocycles. The highest BCUT2D eigenvalue weighted by Crippen LogP contribution is 2.38. The van der Waals surface area contributed by atoms with Crippen LogP contribution in [0.15, 0.2) is 70.7 Å². The first-order valence-corrected chi connectivity index (χ1v) is 14.1. The van der Waals surface area contributed by atoms with Crippen molar-refractivity contribution in [3.63, 3.8) is 0 Å². The number of hydrogen-bond acceptors (Lipinski definition) is 3. The summed E-state index contributed by atoms with van der Waals surface area (Å²) in [5.41, 5.74) is 2.13. The van der Waals surface area contributed by atoms with E-state index in [0.717, 1.165) is 47.1 Å². The van der Waals surface area contributed by atoms with Crippen LogP contribution in [0.2, 0.25) is 0 Å². The minimum absolute atomic E-state index is 0.141. The van der Waals surface area contributed by atoms with E-state index in [0.29, 0.717) is 12.1 Å². The Balaban J connectivity index is 1.33. The summed E-state index contributed by atoms with van der Waals surface area (Å²) >= 11 is 1.59. The molecule has 35 heavy (non-hydrogen) atoms. The molecule has 0 unspecified atom stereocenters. The number of carbonyl (C=O) groups is 1. The zero-order chi connectivity index (χ0) is 23.6. The lowest BCUT2D eigenvalue weighted by Crippen LogP contribution is -2.41. The summed E-state index contributed by atoms with van der Waals surface area (Å²) in [6.07, 6.45) is 16.2. The van der Waals surface area contributed by atoms with Gasteiger partial charge in [-0.1, -0.05) is 68.9 Å². The lowest BCUT2D eigenvalue weighted by Gasteiger charge is -2.31. The van der Waals surface area contributed by atoms with E-state index in [1.54, 1.807) is 11.8 Å². The molecule has 1 amide bonds. The van der Waals surface area contributed by atoms with Crippen LogP contribution in [-0.2, 0) is 4.79 Å². The molecule has 0 atom stereocenters. The molecule has 2 aliphatic carbocycles. The lowest BCUT2D eigenvalue weighted by molar-refractivity contribution is -0.124. The van der Waals surface area contributed by atoms with Crippen molar-refractivity contribution >= 4 is 39.7 Å². The summed E-state index contributed by atoms with van der Waals surface area (Å²) in [5.74, 6) is 0.141. The number of rotatable bonds is 4. The zero-order valence-electron chi connectivity index (χ0n) is 20.2. The van der Waals surface area contributed by atoms with E-state index in [1.807, 2.05) is 0 Å². The third-order valence-electron chi connectivity index (χ3n) is 7.71. The van der Waals surface area contributed by atoms with Gasteiger partial charge in [-0.3, -0.25) is 14.7 Å². The van der Waals surface area contributed by atoms with Crippen molar-refractivity contribution < 1.29 is 4.79 Å². The van der Waals surface area contributed by atoms with Crippen molar-refractivity contribution in [3.8, 4) is 5.69 Å². The number of amides is 1. The molecule has 0 N–H and O–H groups in total. The Morgan fingerprint density at radius 3 is 2.37 bits per heavy atom. The quantitative estimate of drug-likeness (QED) is 0.359. The van der Waals surface area contributed by atoms with Crippen molar-refractivity contribution in [1.82, 2.24) is 9.47 Å². The number of aromatic nitrogens is 1. The van der Waals surface area contributed by atoms with Crippen LogP contribution in [-0.4, -0.2) is 32.6 Å². The van der Waals surface area contributed by atoms with Crippen LogP contribution in [0.3, 0.4) is 0 Å². The highest BCUT2D eigenvalue weighted by Gasteiger charge is 2.39. The molecule has 2 saturated carbocycles. The second-order valence-electron chi connectivity index (χ2n) is 10.1. The van der Waals surface area contributed by atoms with Crippen LogP contribution in [0.1, 0.15) is 69.9 Å². The van der Waals surface area contributed by atoms with E-state index in [9.17, 15) is 4.79 Å². The van der Waals surface area contributed by atoms with Gasteiger partial charge in [-0.2, -0.15) is 0 Å². The SMILES string of the molecule is O=C1/C(=C/c2cccn2-c2ccc3ccccc3c2)SC(=NC2CCCCC2)N1C1CCCCC1. The number of aliphatic imine (C=N–C) groups is 1. The highest BCUT2D eigenvalue weighted by molar-refractivity contribution is 8.18. The molecule has 0 bridgehead atoms. The number of nitrogens with zero attached hydrogens (tertiary/aromatic N) is 3. The first-order chi connectivity index (χ1) is 17.3. The van der Waals surface area contributed by atoms with Crippen LogP contribution in [0, 0.1) is 0 Å². The van der Waals surface area contributed by atoms with Crippen molar-refractivity contribution in [1.29, 1.82) is 0 Å². The number of hydrogen-bond donors (Lipinski definition) is 0. The molecule has 5 heteroatoms. The van der Waals surface area contributed by atoms with E-state index < -0.39 is 0 Å². The fourth-order valence-corrected chi connectivity index (χ4v) is 6.91.